The molecule has 1 amide bonds. The van der Waals surface area contributed by atoms with Crippen molar-refractivity contribution in [2.24, 2.45) is 0 Å². The minimum atomic E-state index is -0.515. The van der Waals surface area contributed by atoms with Crippen molar-refractivity contribution in [2.45, 2.75) is 13.0 Å². The number of benzene rings is 1. The highest BCUT2D eigenvalue weighted by molar-refractivity contribution is 6.00. The molecule has 0 aliphatic carbocycles. The van der Waals surface area contributed by atoms with E-state index in [1.165, 1.54) is 18.2 Å². The summed E-state index contributed by atoms with van der Waals surface area (Å²) in [4.78, 5) is 25.5. The highest BCUT2D eigenvalue weighted by Crippen LogP contribution is 2.25. The first-order valence-electron chi connectivity index (χ1n) is 9.12. The fourth-order valence-corrected chi connectivity index (χ4v) is 3.27. The smallest absolute Gasteiger partial charge is 0.270 e. The molecule has 1 unspecified atom stereocenters. The molecule has 28 heavy (non-hydrogen) atoms. The Bertz CT molecular complexity index is 845. The SMILES string of the molecule is CNc1ccc([N+](=O)[O-])cc1C(=O)NCC(c1ccc(C)o1)N1CCOCC1. The van der Waals surface area contributed by atoms with E-state index in [2.05, 4.69) is 15.5 Å². The molecular formula is C19H24N4O5. The van der Waals surface area contributed by atoms with Crippen LogP contribution < -0.4 is 10.6 Å². The third kappa shape index (κ3) is 4.49. The summed E-state index contributed by atoms with van der Waals surface area (Å²) in [5, 5.41) is 16.9. The van der Waals surface area contributed by atoms with Crippen molar-refractivity contribution in [3.05, 3.63) is 57.5 Å². The number of hydrogen-bond donors (Lipinski definition) is 2. The number of ether oxygens (including phenoxy) is 1. The van der Waals surface area contributed by atoms with Crippen LogP contribution in [0.2, 0.25) is 0 Å². The fourth-order valence-electron chi connectivity index (χ4n) is 3.27. The summed E-state index contributed by atoms with van der Waals surface area (Å²) in [6.07, 6.45) is 0. The van der Waals surface area contributed by atoms with Gasteiger partial charge in [-0.3, -0.25) is 19.8 Å². The van der Waals surface area contributed by atoms with E-state index in [4.69, 9.17) is 9.15 Å². The lowest BCUT2D eigenvalue weighted by Gasteiger charge is -2.33. The van der Waals surface area contributed by atoms with Gasteiger partial charge in [0, 0.05) is 44.5 Å². The van der Waals surface area contributed by atoms with Crippen LogP contribution in [0.5, 0.6) is 0 Å². The summed E-state index contributed by atoms with van der Waals surface area (Å²) >= 11 is 0. The number of amides is 1. The fraction of sp³-hybridized carbons (Fsp3) is 0.421. The van der Waals surface area contributed by atoms with Gasteiger partial charge in [-0.25, -0.2) is 0 Å². The zero-order chi connectivity index (χ0) is 20.1. The minimum absolute atomic E-state index is 0.129. The maximum atomic E-state index is 12.8. The monoisotopic (exact) mass is 388 g/mol. The number of non-ortho nitro benzene ring substituents is 1. The van der Waals surface area contributed by atoms with Gasteiger partial charge in [0.15, 0.2) is 0 Å². The van der Waals surface area contributed by atoms with Gasteiger partial charge in [-0.1, -0.05) is 0 Å². The van der Waals surface area contributed by atoms with Crippen LogP contribution in [-0.2, 0) is 4.74 Å². The van der Waals surface area contributed by atoms with Crippen molar-refractivity contribution >= 4 is 17.3 Å². The predicted molar refractivity (Wildman–Crippen MR) is 104 cm³/mol. The van der Waals surface area contributed by atoms with Crippen molar-refractivity contribution in [3.8, 4) is 0 Å². The maximum Gasteiger partial charge on any atom is 0.270 e. The molecule has 3 rings (SSSR count). The normalized spacial score (nSPS) is 15.8. The van der Waals surface area contributed by atoms with Crippen LogP contribution in [0.25, 0.3) is 0 Å². The average Bonchev–Trinajstić information content (AvgIpc) is 3.14. The number of morpholine rings is 1. The van der Waals surface area contributed by atoms with Gasteiger partial charge in [0.05, 0.1) is 29.7 Å². The highest BCUT2D eigenvalue weighted by atomic mass is 16.6. The lowest BCUT2D eigenvalue weighted by atomic mass is 10.1. The number of nitro groups is 1. The third-order valence-electron chi connectivity index (χ3n) is 4.76. The number of carbonyl (C=O) groups is 1. The molecule has 1 aliphatic rings. The quantitative estimate of drug-likeness (QED) is 0.553. The second kappa shape index (κ2) is 8.85. The van der Waals surface area contributed by atoms with Crippen LogP contribution in [0.1, 0.15) is 27.9 Å². The number of aryl methyl sites for hydroxylation is 1. The number of anilines is 1. The Kier molecular flexibility index (Phi) is 6.27. The molecule has 9 nitrogen and oxygen atoms in total. The third-order valence-corrected chi connectivity index (χ3v) is 4.76. The molecule has 0 saturated carbocycles. The van der Waals surface area contributed by atoms with E-state index in [9.17, 15) is 14.9 Å². The summed E-state index contributed by atoms with van der Waals surface area (Å²) in [5.74, 6) is 1.19. The van der Waals surface area contributed by atoms with Crippen LogP contribution in [0.3, 0.4) is 0 Å². The predicted octanol–water partition coefficient (Wildman–Crippen LogP) is 2.34. The maximum absolute atomic E-state index is 12.8. The van der Waals surface area contributed by atoms with Gasteiger partial charge in [-0.15, -0.1) is 0 Å². The Hall–Kier alpha value is -2.91. The van der Waals surface area contributed by atoms with E-state index in [-0.39, 0.29) is 23.2 Å². The molecule has 0 bridgehead atoms. The summed E-state index contributed by atoms with van der Waals surface area (Å²) in [5.41, 5.74) is 0.628. The molecule has 1 saturated heterocycles. The number of hydrogen-bond acceptors (Lipinski definition) is 7. The zero-order valence-corrected chi connectivity index (χ0v) is 15.9. The number of rotatable bonds is 7. The summed E-state index contributed by atoms with van der Waals surface area (Å²) in [7, 11) is 1.67. The summed E-state index contributed by atoms with van der Waals surface area (Å²) < 4.78 is 11.2. The average molecular weight is 388 g/mol. The van der Waals surface area contributed by atoms with E-state index in [1.54, 1.807) is 7.05 Å². The van der Waals surface area contributed by atoms with Crippen LogP contribution in [0.15, 0.2) is 34.7 Å². The topological polar surface area (TPSA) is 110 Å². The number of nitrogens with one attached hydrogen (secondary N) is 2. The van der Waals surface area contributed by atoms with Crippen LogP contribution >= 0.6 is 0 Å². The van der Waals surface area contributed by atoms with Crippen LogP contribution in [0, 0.1) is 17.0 Å². The Balaban J connectivity index is 1.78. The van der Waals surface area contributed by atoms with Gasteiger partial charge in [0.2, 0.25) is 0 Å². The molecule has 1 aliphatic heterocycles. The minimum Gasteiger partial charge on any atom is -0.465 e. The molecule has 0 spiro atoms. The molecule has 1 aromatic carbocycles. The zero-order valence-electron chi connectivity index (χ0n) is 15.9. The molecule has 150 valence electrons. The molecule has 0 radical (unpaired) electrons. The van der Waals surface area contributed by atoms with Crippen LogP contribution in [0.4, 0.5) is 11.4 Å². The summed E-state index contributed by atoms with van der Waals surface area (Å²) in [6, 6.07) is 7.84. The lowest BCUT2D eigenvalue weighted by Crippen LogP contribution is -2.43. The van der Waals surface area contributed by atoms with Crippen molar-refractivity contribution in [3.63, 3.8) is 0 Å². The van der Waals surface area contributed by atoms with Crippen molar-refractivity contribution in [1.29, 1.82) is 0 Å². The molecular weight excluding hydrogens is 364 g/mol. The van der Waals surface area contributed by atoms with Gasteiger partial charge < -0.3 is 19.8 Å². The molecule has 2 aromatic rings. The van der Waals surface area contributed by atoms with Gasteiger partial charge >= 0.3 is 0 Å². The van der Waals surface area contributed by atoms with E-state index < -0.39 is 4.92 Å². The van der Waals surface area contributed by atoms with Crippen LogP contribution in [-0.4, -0.2) is 55.6 Å². The molecule has 2 heterocycles. The van der Waals surface area contributed by atoms with Crippen molar-refractivity contribution in [1.82, 2.24) is 10.2 Å². The number of nitro benzene ring substituents is 1. The van der Waals surface area contributed by atoms with E-state index in [1.807, 2.05) is 19.1 Å². The van der Waals surface area contributed by atoms with Gasteiger partial charge in [0.25, 0.3) is 11.6 Å². The highest BCUT2D eigenvalue weighted by Gasteiger charge is 2.26. The second-order valence-corrected chi connectivity index (χ2v) is 6.56. The largest absolute Gasteiger partial charge is 0.465 e. The van der Waals surface area contributed by atoms with Crippen molar-refractivity contribution in [2.75, 3.05) is 45.2 Å². The first kappa shape index (κ1) is 19.8. The Morgan fingerprint density at radius 1 is 1.29 bits per heavy atom. The molecule has 1 aromatic heterocycles. The van der Waals surface area contributed by atoms with E-state index >= 15 is 0 Å². The Morgan fingerprint density at radius 3 is 2.64 bits per heavy atom. The Morgan fingerprint density at radius 2 is 2.04 bits per heavy atom. The number of furan rings is 1. The van der Waals surface area contributed by atoms with Gasteiger partial charge in [0.1, 0.15) is 11.5 Å². The van der Waals surface area contributed by atoms with Gasteiger partial charge in [-0.05, 0) is 25.1 Å². The molecule has 2 N–H and O–H groups in total. The van der Waals surface area contributed by atoms with E-state index in [0.717, 1.165) is 24.6 Å². The number of nitrogens with zero attached hydrogens (tertiary/aromatic N) is 2. The van der Waals surface area contributed by atoms with E-state index in [0.29, 0.717) is 25.4 Å². The standard InChI is InChI=1S/C19H24N4O5/c1-13-3-6-18(28-13)17(22-7-9-27-10-8-22)12-21-19(24)15-11-14(23(25)26)4-5-16(15)20-2/h3-6,11,17,20H,7-10,12H2,1-2H3,(H,21,24). The lowest BCUT2D eigenvalue weighted by molar-refractivity contribution is -0.384. The number of carbonyl (C=O) groups excluding carboxylic acids is 1. The van der Waals surface area contributed by atoms with Gasteiger partial charge in [-0.2, -0.15) is 0 Å². The molecule has 1 atom stereocenters. The second-order valence-electron chi connectivity index (χ2n) is 6.56. The summed E-state index contributed by atoms with van der Waals surface area (Å²) in [6.45, 7) is 4.91. The Labute approximate surface area is 162 Å². The first-order chi connectivity index (χ1) is 13.5. The first-order valence-corrected chi connectivity index (χ1v) is 9.12. The molecule has 1 fully saturated rings. The molecule has 9 heteroatoms. The van der Waals surface area contributed by atoms with Crippen molar-refractivity contribution < 1.29 is 18.9 Å².